The molecular weight excluding hydrogens is 428 g/mol. The van der Waals surface area contributed by atoms with E-state index in [1.165, 1.54) is 21.7 Å². The topological polar surface area (TPSA) is 116 Å². The number of nitrogens with one attached hydrogen (secondary N) is 1. The Labute approximate surface area is 194 Å². The Morgan fingerprint density at radius 3 is 2.52 bits per heavy atom. The standard InChI is InChI=1S/C23H32N4O6/c1-5-7-16-20(29)24-15(3)21(30)27-13-14(2)12-18(27)23(32)33-11-9-19(28)26-10-6-8-17(26)22(31)25(16)4/h1,14-18H,6-13H2,2-4H3,(H,24,29). The molecule has 0 spiro atoms. The first kappa shape index (κ1) is 24.6. The minimum Gasteiger partial charge on any atom is -0.464 e. The molecule has 4 amide bonds. The first-order valence-electron chi connectivity index (χ1n) is 11.4. The molecule has 3 aliphatic heterocycles. The normalized spacial score (nSPS) is 32.2. The molecule has 10 heteroatoms. The molecule has 0 aliphatic carbocycles. The zero-order valence-corrected chi connectivity index (χ0v) is 19.4. The van der Waals surface area contributed by atoms with Crippen molar-refractivity contribution in [2.24, 2.45) is 5.92 Å². The number of rotatable bonds is 1. The molecule has 0 bridgehead atoms. The van der Waals surface area contributed by atoms with Crippen LogP contribution in [0, 0.1) is 18.3 Å². The number of hydrogen-bond acceptors (Lipinski definition) is 6. The zero-order valence-electron chi connectivity index (χ0n) is 19.4. The van der Waals surface area contributed by atoms with Crippen LogP contribution in [0.2, 0.25) is 0 Å². The molecule has 3 heterocycles. The minimum absolute atomic E-state index is 0.0364. The fourth-order valence-corrected chi connectivity index (χ4v) is 4.84. The molecule has 0 aromatic heterocycles. The Morgan fingerprint density at radius 2 is 1.82 bits per heavy atom. The minimum atomic E-state index is -0.985. The lowest BCUT2D eigenvalue weighted by molar-refractivity contribution is -0.156. The highest BCUT2D eigenvalue weighted by atomic mass is 16.5. The van der Waals surface area contributed by atoms with E-state index in [1.54, 1.807) is 6.92 Å². The van der Waals surface area contributed by atoms with Gasteiger partial charge in [-0.2, -0.15) is 0 Å². The number of nitrogens with zero attached hydrogens (tertiary/aromatic N) is 3. The van der Waals surface area contributed by atoms with Crippen LogP contribution >= 0.6 is 0 Å². The summed E-state index contributed by atoms with van der Waals surface area (Å²) in [6.45, 7) is 4.13. The van der Waals surface area contributed by atoms with E-state index in [4.69, 9.17) is 11.2 Å². The quantitative estimate of drug-likeness (QED) is 0.417. The number of likely N-dealkylation sites (N-methyl/N-ethyl adjacent to an activating group) is 1. The molecule has 0 radical (unpaired) electrons. The highest BCUT2D eigenvalue weighted by Crippen LogP contribution is 2.26. The van der Waals surface area contributed by atoms with Crippen molar-refractivity contribution in [3.63, 3.8) is 0 Å². The van der Waals surface area contributed by atoms with Crippen LogP contribution in [-0.2, 0) is 28.7 Å². The van der Waals surface area contributed by atoms with Crippen LogP contribution in [0.1, 0.15) is 46.0 Å². The second kappa shape index (κ2) is 10.2. The Morgan fingerprint density at radius 1 is 1.09 bits per heavy atom. The van der Waals surface area contributed by atoms with E-state index in [1.807, 2.05) is 6.92 Å². The second-order valence-electron chi connectivity index (χ2n) is 9.11. The van der Waals surface area contributed by atoms with Gasteiger partial charge < -0.3 is 24.8 Å². The molecule has 10 nitrogen and oxygen atoms in total. The van der Waals surface area contributed by atoms with E-state index in [0.717, 1.165) is 0 Å². The van der Waals surface area contributed by atoms with Gasteiger partial charge in [-0.15, -0.1) is 12.3 Å². The van der Waals surface area contributed by atoms with Crippen molar-refractivity contribution in [3.05, 3.63) is 0 Å². The van der Waals surface area contributed by atoms with E-state index in [2.05, 4.69) is 11.2 Å². The molecule has 0 aromatic carbocycles. The summed E-state index contributed by atoms with van der Waals surface area (Å²) >= 11 is 0. The van der Waals surface area contributed by atoms with Gasteiger partial charge in [0.1, 0.15) is 30.8 Å². The lowest BCUT2D eigenvalue weighted by atomic mass is 10.1. The average Bonchev–Trinajstić information content (AvgIpc) is 3.42. The summed E-state index contributed by atoms with van der Waals surface area (Å²) in [6.07, 6.45) is 6.95. The van der Waals surface area contributed by atoms with Crippen molar-refractivity contribution in [2.75, 3.05) is 26.7 Å². The van der Waals surface area contributed by atoms with E-state index >= 15 is 0 Å². The van der Waals surface area contributed by atoms with Gasteiger partial charge in [0.2, 0.25) is 23.6 Å². The number of fused-ring (bicyclic) bond motifs is 2. The smallest absolute Gasteiger partial charge is 0.328 e. The number of terminal acetylenes is 1. The number of ether oxygens (including phenoxy) is 1. The fraction of sp³-hybridized carbons (Fsp3) is 0.696. The van der Waals surface area contributed by atoms with Crippen LogP contribution < -0.4 is 5.32 Å². The van der Waals surface area contributed by atoms with Gasteiger partial charge in [0, 0.05) is 26.6 Å². The van der Waals surface area contributed by atoms with Gasteiger partial charge in [-0.1, -0.05) is 6.92 Å². The Balaban J connectivity index is 1.91. The molecule has 33 heavy (non-hydrogen) atoms. The molecule has 0 saturated carbocycles. The number of esters is 1. The lowest BCUT2D eigenvalue weighted by Gasteiger charge is -2.33. The third-order valence-electron chi connectivity index (χ3n) is 6.64. The van der Waals surface area contributed by atoms with Gasteiger partial charge in [0.15, 0.2) is 0 Å². The number of amides is 4. The first-order valence-corrected chi connectivity index (χ1v) is 11.4. The largest absolute Gasteiger partial charge is 0.464 e. The van der Waals surface area contributed by atoms with Gasteiger partial charge in [-0.3, -0.25) is 19.2 Å². The molecule has 3 rings (SSSR count). The van der Waals surface area contributed by atoms with Crippen molar-refractivity contribution in [1.29, 1.82) is 0 Å². The average molecular weight is 461 g/mol. The molecule has 5 unspecified atom stereocenters. The predicted octanol–water partition coefficient (Wildman–Crippen LogP) is -0.484. The van der Waals surface area contributed by atoms with Crippen molar-refractivity contribution < 1.29 is 28.7 Å². The van der Waals surface area contributed by atoms with Crippen LogP contribution in [0.4, 0.5) is 0 Å². The Bertz CT molecular complexity index is 868. The third-order valence-corrected chi connectivity index (χ3v) is 6.64. The van der Waals surface area contributed by atoms with Gasteiger partial charge in [-0.25, -0.2) is 4.79 Å². The van der Waals surface area contributed by atoms with Gasteiger partial charge in [-0.05, 0) is 32.1 Å². The summed E-state index contributed by atoms with van der Waals surface area (Å²) in [6, 6.07) is -3.37. The van der Waals surface area contributed by atoms with Crippen LogP contribution in [0.3, 0.4) is 0 Å². The number of carbonyl (C=O) groups excluding carboxylic acids is 5. The SMILES string of the molecule is C#CCC1C(=O)NC(C)C(=O)N2CC(C)CC2C(=O)OCCC(=O)N2CCCC2C(=O)N1C. The summed E-state index contributed by atoms with van der Waals surface area (Å²) in [7, 11) is 1.49. The van der Waals surface area contributed by atoms with E-state index in [-0.39, 0.29) is 37.2 Å². The Hall–Kier alpha value is -3.09. The lowest BCUT2D eigenvalue weighted by Crippen LogP contribution is -2.57. The van der Waals surface area contributed by atoms with Gasteiger partial charge in [0.05, 0.1) is 6.42 Å². The maximum absolute atomic E-state index is 13.2. The number of hydrogen-bond donors (Lipinski definition) is 1. The molecule has 180 valence electrons. The molecule has 3 fully saturated rings. The summed E-state index contributed by atoms with van der Waals surface area (Å²) in [5.74, 6) is 0.302. The highest BCUT2D eigenvalue weighted by molar-refractivity contribution is 5.95. The number of carbonyl (C=O) groups is 5. The van der Waals surface area contributed by atoms with E-state index in [0.29, 0.717) is 32.4 Å². The van der Waals surface area contributed by atoms with Crippen LogP contribution in [0.15, 0.2) is 0 Å². The summed E-state index contributed by atoms with van der Waals surface area (Å²) in [4.78, 5) is 69.0. The zero-order chi connectivity index (χ0) is 24.3. The van der Waals surface area contributed by atoms with E-state index < -0.39 is 42.0 Å². The molecule has 3 saturated heterocycles. The van der Waals surface area contributed by atoms with Gasteiger partial charge >= 0.3 is 5.97 Å². The molecule has 5 atom stereocenters. The molecular formula is C23H32N4O6. The number of cyclic esters (lactones) is 1. The van der Waals surface area contributed by atoms with Crippen LogP contribution in [0.25, 0.3) is 0 Å². The van der Waals surface area contributed by atoms with Gasteiger partial charge in [0.25, 0.3) is 0 Å². The summed E-state index contributed by atoms with van der Waals surface area (Å²) in [5.41, 5.74) is 0. The Kier molecular flexibility index (Phi) is 7.61. The van der Waals surface area contributed by atoms with Crippen molar-refractivity contribution in [1.82, 2.24) is 20.0 Å². The van der Waals surface area contributed by atoms with Crippen molar-refractivity contribution >= 4 is 29.6 Å². The third kappa shape index (κ3) is 5.13. The van der Waals surface area contributed by atoms with Crippen LogP contribution in [-0.4, -0.2) is 95.2 Å². The predicted molar refractivity (Wildman–Crippen MR) is 117 cm³/mol. The fourth-order valence-electron chi connectivity index (χ4n) is 4.84. The second-order valence-corrected chi connectivity index (χ2v) is 9.11. The van der Waals surface area contributed by atoms with Crippen molar-refractivity contribution in [2.45, 2.75) is 70.1 Å². The van der Waals surface area contributed by atoms with Crippen molar-refractivity contribution in [3.8, 4) is 12.3 Å². The highest BCUT2D eigenvalue weighted by Gasteiger charge is 2.42. The summed E-state index contributed by atoms with van der Waals surface area (Å²) in [5, 5.41) is 2.66. The maximum atomic E-state index is 13.2. The van der Waals surface area contributed by atoms with E-state index in [9.17, 15) is 24.0 Å². The van der Waals surface area contributed by atoms with Crippen LogP contribution in [0.5, 0.6) is 0 Å². The summed E-state index contributed by atoms with van der Waals surface area (Å²) < 4.78 is 5.34. The molecule has 0 aromatic rings. The molecule has 3 aliphatic rings. The monoisotopic (exact) mass is 460 g/mol. The first-order chi connectivity index (χ1) is 15.6. The maximum Gasteiger partial charge on any atom is 0.328 e. The molecule has 1 N–H and O–H groups in total.